The van der Waals surface area contributed by atoms with Gasteiger partial charge in [0.15, 0.2) is 0 Å². The van der Waals surface area contributed by atoms with Crippen LogP contribution >= 0.6 is 0 Å². The van der Waals surface area contributed by atoms with Crippen molar-refractivity contribution >= 4 is 5.95 Å². The first kappa shape index (κ1) is 13.3. The molecule has 102 valence electrons. The average Bonchev–Trinajstić information content (AvgIpc) is 2.86. The Kier molecular flexibility index (Phi) is 5.44. The summed E-state index contributed by atoms with van der Waals surface area (Å²) in [5.41, 5.74) is 0. The SMILES string of the molecule is COCCCn1ccnc1NCC1COCCO1. The van der Waals surface area contributed by atoms with Crippen molar-refractivity contribution in [2.24, 2.45) is 0 Å². The van der Waals surface area contributed by atoms with E-state index < -0.39 is 0 Å². The van der Waals surface area contributed by atoms with Gasteiger partial charge in [-0.1, -0.05) is 0 Å². The van der Waals surface area contributed by atoms with Gasteiger partial charge < -0.3 is 24.1 Å². The zero-order valence-corrected chi connectivity index (χ0v) is 10.8. The molecule has 6 heteroatoms. The van der Waals surface area contributed by atoms with E-state index in [1.54, 1.807) is 13.3 Å². The summed E-state index contributed by atoms with van der Waals surface area (Å²) in [6.45, 7) is 4.41. The number of aryl methyl sites for hydroxylation is 1. The number of nitrogens with one attached hydrogen (secondary N) is 1. The predicted molar refractivity (Wildman–Crippen MR) is 67.8 cm³/mol. The highest BCUT2D eigenvalue weighted by Crippen LogP contribution is 2.07. The number of ether oxygens (including phenoxy) is 3. The van der Waals surface area contributed by atoms with Gasteiger partial charge in [0.05, 0.1) is 25.9 Å². The van der Waals surface area contributed by atoms with Gasteiger partial charge in [0, 0.05) is 39.2 Å². The van der Waals surface area contributed by atoms with Gasteiger partial charge in [0.2, 0.25) is 5.95 Å². The summed E-state index contributed by atoms with van der Waals surface area (Å²) < 4.78 is 18.1. The minimum Gasteiger partial charge on any atom is -0.385 e. The molecule has 1 aromatic rings. The topological polar surface area (TPSA) is 57.5 Å². The summed E-state index contributed by atoms with van der Waals surface area (Å²) in [5.74, 6) is 0.875. The highest BCUT2D eigenvalue weighted by Gasteiger charge is 2.14. The third-order valence-electron chi connectivity index (χ3n) is 2.84. The lowest BCUT2D eigenvalue weighted by molar-refractivity contribution is -0.0819. The molecule has 0 bridgehead atoms. The highest BCUT2D eigenvalue weighted by molar-refractivity contribution is 5.25. The van der Waals surface area contributed by atoms with Crippen LogP contribution in [0.1, 0.15) is 6.42 Å². The number of rotatable bonds is 7. The minimum absolute atomic E-state index is 0.114. The fraction of sp³-hybridized carbons (Fsp3) is 0.750. The van der Waals surface area contributed by atoms with Crippen LogP contribution in [0.25, 0.3) is 0 Å². The third-order valence-corrected chi connectivity index (χ3v) is 2.84. The van der Waals surface area contributed by atoms with Crippen LogP contribution in [0.3, 0.4) is 0 Å². The monoisotopic (exact) mass is 255 g/mol. The van der Waals surface area contributed by atoms with E-state index in [0.29, 0.717) is 19.8 Å². The Balaban J connectivity index is 1.75. The summed E-state index contributed by atoms with van der Waals surface area (Å²) in [6, 6.07) is 0. The molecule has 0 aromatic carbocycles. The van der Waals surface area contributed by atoms with Crippen LogP contribution in [0.4, 0.5) is 5.95 Å². The molecule has 1 aliphatic heterocycles. The van der Waals surface area contributed by atoms with Crippen molar-refractivity contribution in [2.75, 3.05) is 45.4 Å². The number of aromatic nitrogens is 2. The lowest BCUT2D eigenvalue weighted by Crippen LogP contribution is -2.34. The van der Waals surface area contributed by atoms with Crippen LogP contribution in [0.5, 0.6) is 0 Å². The van der Waals surface area contributed by atoms with E-state index in [2.05, 4.69) is 14.9 Å². The molecular weight excluding hydrogens is 234 g/mol. The molecule has 1 saturated heterocycles. The maximum absolute atomic E-state index is 5.57. The molecule has 18 heavy (non-hydrogen) atoms. The first-order chi connectivity index (χ1) is 8.90. The molecule has 1 aliphatic rings. The Labute approximate surface area is 107 Å². The molecule has 1 unspecified atom stereocenters. The van der Waals surface area contributed by atoms with Gasteiger partial charge in [-0.25, -0.2) is 4.98 Å². The molecule has 1 fully saturated rings. The second-order valence-electron chi connectivity index (χ2n) is 4.24. The van der Waals surface area contributed by atoms with E-state index in [-0.39, 0.29) is 6.10 Å². The maximum Gasteiger partial charge on any atom is 0.202 e. The second-order valence-corrected chi connectivity index (χ2v) is 4.24. The van der Waals surface area contributed by atoms with Crippen molar-refractivity contribution in [2.45, 2.75) is 19.1 Å². The van der Waals surface area contributed by atoms with E-state index >= 15 is 0 Å². The third kappa shape index (κ3) is 3.97. The van der Waals surface area contributed by atoms with Crippen LogP contribution in [0.2, 0.25) is 0 Å². The van der Waals surface area contributed by atoms with Crippen LogP contribution in [-0.4, -0.2) is 55.7 Å². The lowest BCUT2D eigenvalue weighted by atomic mass is 10.3. The van der Waals surface area contributed by atoms with Crippen molar-refractivity contribution < 1.29 is 14.2 Å². The van der Waals surface area contributed by atoms with Gasteiger partial charge in [0.25, 0.3) is 0 Å². The Hall–Kier alpha value is -1.11. The predicted octanol–water partition coefficient (Wildman–Crippen LogP) is 0.747. The van der Waals surface area contributed by atoms with Crippen molar-refractivity contribution in [1.82, 2.24) is 9.55 Å². The summed E-state index contributed by atoms with van der Waals surface area (Å²) >= 11 is 0. The van der Waals surface area contributed by atoms with Crippen molar-refractivity contribution in [3.63, 3.8) is 0 Å². The fourth-order valence-electron chi connectivity index (χ4n) is 1.90. The van der Waals surface area contributed by atoms with Crippen LogP contribution in [-0.2, 0) is 20.8 Å². The van der Waals surface area contributed by atoms with Crippen molar-refractivity contribution in [3.05, 3.63) is 12.4 Å². The van der Waals surface area contributed by atoms with Gasteiger partial charge in [-0.15, -0.1) is 0 Å². The molecule has 1 aromatic heterocycles. The summed E-state index contributed by atoms with van der Waals surface area (Å²) in [5, 5.41) is 3.30. The molecular formula is C12H21N3O3. The molecule has 2 heterocycles. The number of nitrogens with zero attached hydrogens (tertiary/aromatic N) is 2. The minimum atomic E-state index is 0.114. The summed E-state index contributed by atoms with van der Waals surface area (Å²) in [4.78, 5) is 4.29. The molecule has 6 nitrogen and oxygen atoms in total. The molecule has 0 amide bonds. The van der Waals surface area contributed by atoms with E-state index in [4.69, 9.17) is 14.2 Å². The van der Waals surface area contributed by atoms with Gasteiger partial charge in [-0.3, -0.25) is 0 Å². The van der Waals surface area contributed by atoms with E-state index in [9.17, 15) is 0 Å². The number of imidazole rings is 1. The van der Waals surface area contributed by atoms with Gasteiger partial charge >= 0.3 is 0 Å². The maximum atomic E-state index is 5.57. The molecule has 0 saturated carbocycles. The van der Waals surface area contributed by atoms with E-state index in [1.165, 1.54) is 0 Å². The van der Waals surface area contributed by atoms with E-state index in [0.717, 1.165) is 32.1 Å². The van der Waals surface area contributed by atoms with Gasteiger partial charge in [-0.05, 0) is 6.42 Å². The normalized spacial score (nSPS) is 19.9. The van der Waals surface area contributed by atoms with Crippen molar-refractivity contribution in [3.8, 4) is 0 Å². The Morgan fingerprint density at radius 2 is 2.50 bits per heavy atom. The molecule has 0 aliphatic carbocycles. The standard InChI is InChI=1S/C12H21N3O3/c1-16-6-2-4-15-5-3-13-12(15)14-9-11-10-17-7-8-18-11/h3,5,11H,2,4,6-10H2,1H3,(H,13,14). The highest BCUT2D eigenvalue weighted by atomic mass is 16.6. The van der Waals surface area contributed by atoms with Crippen LogP contribution < -0.4 is 5.32 Å². The van der Waals surface area contributed by atoms with Crippen LogP contribution in [0.15, 0.2) is 12.4 Å². The first-order valence-electron chi connectivity index (χ1n) is 6.33. The molecule has 1 atom stereocenters. The summed E-state index contributed by atoms with van der Waals surface area (Å²) in [7, 11) is 1.72. The molecule has 2 rings (SSSR count). The van der Waals surface area contributed by atoms with Crippen molar-refractivity contribution in [1.29, 1.82) is 0 Å². The quantitative estimate of drug-likeness (QED) is 0.729. The van der Waals surface area contributed by atoms with Crippen LogP contribution in [0, 0.1) is 0 Å². The second kappa shape index (κ2) is 7.35. The number of hydrogen-bond acceptors (Lipinski definition) is 5. The van der Waals surface area contributed by atoms with E-state index in [1.807, 2.05) is 6.20 Å². The van der Waals surface area contributed by atoms with Gasteiger partial charge in [-0.2, -0.15) is 0 Å². The Morgan fingerprint density at radius 1 is 1.56 bits per heavy atom. The Morgan fingerprint density at radius 3 is 3.28 bits per heavy atom. The smallest absolute Gasteiger partial charge is 0.202 e. The molecule has 0 spiro atoms. The number of anilines is 1. The molecule has 1 N–H and O–H groups in total. The Bertz CT molecular complexity index is 337. The zero-order valence-electron chi connectivity index (χ0n) is 10.8. The zero-order chi connectivity index (χ0) is 12.6. The number of methoxy groups -OCH3 is 1. The lowest BCUT2D eigenvalue weighted by Gasteiger charge is -2.23. The number of hydrogen-bond donors (Lipinski definition) is 1. The summed E-state index contributed by atoms with van der Waals surface area (Å²) in [6.07, 6.45) is 4.86. The van der Waals surface area contributed by atoms with Gasteiger partial charge in [0.1, 0.15) is 0 Å². The molecule has 0 radical (unpaired) electrons. The average molecular weight is 255 g/mol. The fourth-order valence-corrected chi connectivity index (χ4v) is 1.90. The first-order valence-corrected chi connectivity index (χ1v) is 6.33. The largest absolute Gasteiger partial charge is 0.385 e.